The van der Waals surface area contributed by atoms with Gasteiger partial charge >= 0.3 is 0 Å². The number of hydrogen-bond acceptors (Lipinski definition) is 5. The average Bonchev–Trinajstić information content (AvgIpc) is 2.29. The molecule has 1 rings (SSSR count). The number of ether oxygens (including phenoxy) is 2. The van der Waals surface area contributed by atoms with Crippen molar-refractivity contribution in [1.29, 1.82) is 0 Å². The van der Waals surface area contributed by atoms with Crippen molar-refractivity contribution in [2.24, 2.45) is 0 Å². The lowest BCUT2D eigenvalue weighted by Crippen LogP contribution is -2.31. The summed E-state index contributed by atoms with van der Waals surface area (Å²) < 4.78 is 9.84. The first-order valence-electron chi connectivity index (χ1n) is 3.59. The monoisotopic (exact) mass is 192 g/mol. The molecule has 0 aromatic carbocycles. The molecular formula is C7H12O4S. The maximum Gasteiger partial charge on any atom is 0.201 e. The fraction of sp³-hybridized carbons (Fsp3) is 0.857. The van der Waals surface area contributed by atoms with Crippen molar-refractivity contribution in [2.45, 2.75) is 16.8 Å². The highest BCUT2D eigenvalue weighted by atomic mass is 32.2. The number of methoxy groups -OCH3 is 2. The van der Waals surface area contributed by atoms with E-state index < -0.39 is 11.5 Å². The molecule has 3 atom stereocenters. The van der Waals surface area contributed by atoms with Crippen LogP contribution in [0.15, 0.2) is 0 Å². The molecule has 12 heavy (non-hydrogen) atoms. The van der Waals surface area contributed by atoms with Crippen molar-refractivity contribution in [1.82, 2.24) is 0 Å². The smallest absolute Gasteiger partial charge is 0.201 e. The molecule has 1 saturated heterocycles. The van der Waals surface area contributed by atoms with Crippen LogP contribution >= 0.6 is 11.8 Å². The SMILES string of the molecule is COC[C@H]1SC(O)C(=O)[C@@H]1OC. The Bertz CT molecular complexity index is 173. The van der Waals surface area contributed by atoms with Crippen LogP contribution in [-0.2, 0) is 14.3 Å². The lowest BCUT2D eigenvalue weighted by atomic mass is 10.2. The summed E-state index contributed by atoms with van der Waals surface area (Å²) in [6.07, 6.45) is -0.523. The summed E-state index contributed by atoms with van der Waals surface area (Å²) in [4.78, 5) is 11.2. The lowest BCUT2D eigenvalue weighted by Gasteiger charge is -2.13. The summed E-state index contributed by atoms with van der Waals surface area (Å²) in [6.45, 7) is 0.423. The summed E-state index contributed by atoms with van der Waals surface area (Å²) >= 11 is 1.19. The number of thioether (sulfide) groups is 1. The molecule has 0 amide bonds. The predicted octanol–water partition coefficient (Wildman–Crippen LogP) is -0.349. The average molecular weight is 192 g/mol. The molecule has 1 aliphatic heterocycles. The van der Waals surface area contributed by atoms with Gasteiger partial charge in [-0.25, -0.2) is 0 Å². The van der Waals surface area contributed by atoms with E-state index in [4.69, 9.17) is 9.47 Å². The van der Waals surface area contributed by atoms with Crippen LogP contribution in [0.1, 0.15) is 0 Å². The highest BCUT2D eigenvalue weighted by Gasteiger charge is 2.42. The molecule has 4 nitrogen and oxygen atoms in total. The number of aliphatic hydroxyl groups is 1. The molecule has 1 fully saturated rings. The molecule has 0 spiro atoms. The Kier molecular flexibility index (Phi) is 3.52. The molecule has 5 heteroatoms. The standard InChI is InChI=1S/C7H12O4S/c1-10-3-4-6(11-2)5(8)7(9)12-4/h4,6-7,9H,3H2,1-2H3/t4-,6-,7?/m1/s1. The number of Topliss-reactive ketones (excluding diaryl/α,β-unsaturated/α-hetero) is 1. The Labute approximate surface area is 75.2 Å². The van der Waals surface area contributed by atoms with Crippen molar-refractivity contribution in [3.05, 3.63) is 0 Å². The van der Waals surface area contributed by atoms with Crippen molar-refractivity contribution >= 4 is 17.5 Å². The van der Waals surface area contributed by atoms with E-state index in [1.54, 1.807) is 7.11 Å². The van der Waals surface area contributed by atoms with Gasteiger partial charge < -0.3 is 14.6 Å². The first kappa shape index (κ1) is 9.98. The topological polar surface area (TPSA) is 55.8 Å². The normalized spacial score (nSPS) is 35.9. The number of hydrogen-bond donors (Lipinski definition) is 1. The van der Waals surface area contributed by atoms with Gasteiger partial charge in [0.15, 0.2) is 5.44 Å². The lowest BCUT2D eigenvalue weighted by molar-refractivity contribution is -0.132. The Morgan fingerprint density at radius 1 is 1.58 bits per heavy atom. The largest absolute Gasteiger partial charge is 0.383 e. The maximum atomic E-state index is 11.2. The number of aliphatic hydroxyl groups excluding tert-OH is 1. The summed E-state index contributed by atoms with van der Waals surface area (Å²) in [5, 5.41) is 9.09. The quantitative estimate of drug-likeness (QED) is 0.662. The van der Waals surface area contributed by atoms with Gasteiger partial charge in [-0.3, -0.25) is 4.79 Å². The molecule has 0 saturated carbocycles. The molecule has 0 aromatic heterocycles. The fourth-order valence-electron chi connectivity index (χ4n) is 1.19. The Morgan fingerprint density at radius 2 is 2.25 bits per heavy atom. The minimum Gasteiger partial charge on any atom is -0.383 e. The second kappa shape index (κ2) is 4.23. The third kappa shape index (κ3) is 1.80. The predicted molar refractivity (Wildman–Crippen MR) is 45.1 cm³/mol. The van der Waals surface area contributed by atoms with Gasteiger partial charge in [0, 0.05) is 14.2 Å². The van der Waals surface area contributed by atoms with Gasteiger partial charge in [-0.05, 0) is 0 Å². The number of carbonyl (C=O) groups excluding carboxylic acids is 1. The van der Waals surface area contributed by atoms with E-state index in [9.17, 15) is 9.90 Å². The third-order valence-corrected chi connectivity index (χ3v) is 2.97. The molecule has 0 bridgehead atoms. The number of ketones is 1. The van der Waals surface area contributed by atoms with Crippen LogP contribution in [0.4, 0.5) is 0 Å². The van der Waals surface area contributed by atoms with Crippen molar-refractivity contribution in [3.8, 4) is 0 Å². The van der Waals surface area contributed by atoms with Gasteiger partial charge in [0.1, 0.15) is 6.10 Å². The van der Waals surface area contributed by atoms with E-state index in [0.29, 0.717) is 6.61 Å². The van der Waals surface area contributed by atoms with Gasteiger partial charge in [-0.1, -0.05) is 0 Å². The van der Waals surface area contributed by atoms with Crippen LogP contribution in [0.25, 0.3) is 0 Å². The minimum absolute atomic E-state index is 0.0810. The molecular weight excluding hydrogens is 180 g/mol. The van der Waals surface area contributed by atoms with Crippen LogP contribution in [0.5, 0.6) is 0 Å². The van der Waals surface area contributed by atoms with Gasteiger partial charge in [-0.2, -0.15) is 0 Å². The van der Waals surface area contributed by atoms with Crippen molar-refractivity contribution < 1.29 is 19.4 Å². The van der Waals surface area contributed by atoms with Crippen LogP contribution in [0.3, 0.4) is 0 Å². The van der Waals surface area contributed by atoms with Crippen LogP contribution in [-0.4, -0.2) is 48.5 Å². The van der Waals surface area contributed by atoms with Gasteiger partial charge in [0.05, 0.1) is 11.9 Å². The van der Waals surface area contributed by atoms with E-state index in [0.717, 1.165) is 0 Å². The Morgan fingerprint density at radius 3 is 2.75 bits per heavy atom. The zero-order valence-electron chi connectivity index (χ0n) is 7.02. The summed E-state index contributed by atoms with van der Waals surface area (Å²) in [5.41, 5.74) is -0.949. The van der Waals surface area contributed by atoms with E-state index in [2.05, 4.69) is 0 Å². The summed E-state index contributed by atoms with van der Waals surface area (Å²) in [7, 11) is 3.02. The number of rotatable bonds is 3. The first-order valence-corrected chi connectivity index (χ1v) is 4.54. The number of carbonyl (C=O) groups is 1. The van der Waals surface area contributed by atoms with Crippen LogP contribution in [0.2, 0.25) is 0 Å². The van der Waals surface area contributed by atoms with Crippen LogP contribution in [0, 0.1) is 0 Å². The molecule has 0 radical (unpaired) electrons. The van der Waals surface area contributed by atoms with Gasteiger partial charge in [0.25, 0.3) is 0 Å². The molecule has 1 unspecified atom stereocenters. The molecule has 70 valence electrons. The highest BCUT2D eigenvalue weighted by molar-refractivity contribution is 8.01. The highest BCUT2D eigenvalue weighted by Crippen LogP contribution is 2.31. The molecule has 1 aliphatic rings. The van der Waals surface area contributed by atoms with E-state index >= 15 is 0 Å². The Hall–Kier alpha value is -0.100. The second-order valence-electron chi connectivity index (χ2n) is 2.54. The zero-order chi connectivity index (χ0) is 9.14. The molecule has 1 heterocycles. The fourth-order valence-corrected chi connectivity index (χ4v) is 2.39. The zero-order valence-corrected chi connectivity index (χ0v) is 7.84. The van der Waals surface area contributed by atoms with Crippen molar-refractivity contribution in [3.63, 3.8) is 0 Å². The van der Waals surface area contributed by atoms with E-state index in [1.165, 1.54) is 18.9 Å². The second-order valence-corrected chi connectivity index (χ2v) is 3.87. The van der Waals surface area contributed by atoms with Gasteiger partial charge in [-0.15, -0.1) is 11.8 Å². The first-order chi connectivity index (χ1) is 5.70. The van der Waals surface area contributed by atoms with Crippen molar-refractivity contribution in [2.75, 3.05) is 20.8 Å². The van der Waals surface area contributed by atoms with Crippen LogP contribution < -0.4 is 0 Å². The maximum absolute atomic E-state index is 11.2. The van der Waals surface area contributed by atoms with E-state index in [-0.39, 0.29) is 11.0 Å². The molecule has 0 aromatic rings. The molecule has 0 aliphatic carbocycles. The third-order valence-electron chi connectivity index (χ3n) is 1.75. The summed E-state index contributed by atoms with van der Waals surface area (Å²) in [6, 6.07) is 0. The molecule has 1 N–H and O–H groups in total. The summed E-state index contributed by atoms with van der Waals surface area (Å²) in [5.74, 6) is -0.260. The van der Waals surface area contributed by atoms with Gasteiger partial charge in [0.2, 0.25) is 5.78 Å². The minimum atomic E-state index is -0.949. The van der Waals surface area contributed by atoms with E-state index in [1.807, 2.05) is 0 Å². The Balaban J connectivity index is 2.58.